The van der Waals surface area contributed by atoms with Crippen molar-refractivity contribution in [2.75, 3.05) is 0 Å². The first-order valence-electron chi connectivity index (χ1n) is 10.4. The molecule has 0 saturated heterocycles. The van der Waals surface area contributed by atoms with Crippen LogP contribution in [-0.4, -0.2) is 38.1 Å². The number of carbonyl (C=O) groups is 2. The average molecular weight is 465 g/mol. The third kappa shape index (κ3) is 4.31. The number of nitrogens with one attached hydrogen (secondary N) is 1. The lowest BCUT2D eigenvalue weighted by Crippen LogP contribution is -2.67. The second-order valence-corrected chi connectivity index (χ2v) is 11.5. The van der Waals surface area contributed by atoms with Crippen molar-refractivity contribution in [3.8, 4) is 0 Å². The molecule has 0 aromatic heterocycles. The summed E-state index contributed by atoms with van der Waals surface area (Å²) >= 11 is 3.46. The van der Waals surface area contributed by atoms with Crippen molar-refractivity contribution in [1.82, 2.24) is 10.4 Å². The quantitative estimate of drug-likeness (QED) is 0.524. The third-order valence-electron chi connectivity index (χ3n) is 6.64. The Kier molecular flexibility index (Phi) is 5.40. The van der Waals surface area contributed by atoms with E-state index in [0.717, 1.165) is 24.8 Å². The Hall–Kier alpha value is -1.60. The lowest BCUT2D eigenvalue weighted by Gasteiger charge is -2.60. The fraction of sp³-hybridized carbons (Fsp3) is 0.636. The molecular weight excluding hydrogens is 436 g/mol. The molecule has 4 aliphatic carbocycles. The van der Waals surface area contributed by atoms with Crippen LogP contribution in [-0.2, 0) is 16.1 Å². The molecule has 0 heterocycles. The summed E-state index contributed by atoms with van der Waals surface area (Å²) in [6, 6.07) is 9.34. The van der Waals surface area contributed by atoms with Crippen LogP contribution in [0.2, 0.25) is 0 Å². The molecule has 29 heavy (non-hydrogen) atoms. The van der Waals surface area contributed by atoms with Crippen LogP contribution in [0.25, 0.3) is 0 Å². The molecule has 1 aromatic carbocycles. The number of alkyl halides is 1. The van der Waals surface area contributed by atoms with Crippen molar-refractivity contribution in [3.05, 3.63) is 35.9 Å². The lowest BCUT2D eigenvalue weighted by molar-refractivity contribution is -0.177. The highest BCUT2D eigenvalue weighted by atomic mass is 79.9. The van der Waals surface area contributed by atoms with Gasteiger partial charge in [-0.15, -0.1) is 0 Å². The van der Waals surface area contributed by atoms with Gasteiger partial charge in [-0.2, -0.15) is 0 Å². The summed E-state index contributed by atoms with van der Waals surface area (Å²) in [5.41, 5.74) is 3.03. The van der Waals surface area contributed by atoms with Crippen molar-refractivity contribution in [3.63, 3.8) is 0 Å². The molecule has 5 rings (SSSR count). The minimum absolute atomic E-state index is 0.111. The van der Waals surface area contributed by atoms with Gasteiger partial charge in [-0.1, -0.05) is 46.3 Å². The number of hydrazine groups is 1. The van der Waals surface area contributed by atoms with E-state index in [1.165, 1.54) is 5.01 Å². The molecule has 0 spiro atoms. The van der Waals surface area contributed by atoms with Crippen LogP contribution >= 0.6 is 15.9 Å². The highest BCUT2D eigenvalue weighted by molar-refractivity contribution is 9.10. The number of hydrogen-bond acceptors (Lipinski definition) is 4. The number of carbonyl (C=O) groups excluding carboxylic acids is 2. The Morgan fingerprint density at radius 2 is 1.83 bits per heavy atom. The van der Waals surface area contributed by atoms with E-state index >= 15 is 0 Å². The number of aliphatic hydroxyl groups is 1. The van der Waals surface area contributed by atoms with Gasteiger partial charge in [0, 0.05) is 0 Å². The molecule has 2 atom stereocenters. The molecule has 0 unspecified atom stereocenters. The van der Waals surface area contributed by atoms with Gasteiger partial charge in [0.25, 0.3) is 5.91 Å². The van der Waals surface area contributed by atoms with Gasteiger partial charge >= 0.3 is 6.09 Å². The van der Waals surface area contributed by atoms with Gasteiger partial charge in [-0.05, 0) is 69.3 Å². The maximum absolute atomic E-state index is 13.2. The largest absolute Gasteiger partial charge is 0.443 e. The summed E-state index contributed by atoms with van der Waals surface area (Å²) in [7, 11) is 0. The van der Waals surface area contributed by atoms with E-state index in [4.69, 9.17) is 4.74 Å². The van der Waals surface area contributed by atoms with Crippen molar-refractivity contribution in [2.24, 2.45) is 17.8 Å². The zero-order chi connectivity index (χ0) is 20.8. The van der Waals surface area contributed by atoms with E-state index in [1.54, 1.807) is 13.8 Å². The van der Waals surface area contributed by atoms with Gasteiger partial charge in [0.2, 0.25) is 0 Å². The molecule has 2 N–H and O–H groups in total. The smallest absolute Gasteiger partial charge is 0.426 e. The molecule has 0 radical (unpaired) electrons. The van der Waals surface area contributed by atoms with Gasteiger partial charge in [-0.3, -0.25) is 4.79 Å². The summed E-state index contributed by atoms with van der Waals surface area (Å²) in [4.78, 5) is 25.8. The Bertz CT molecular complexity index is 763. The standard InChI is InChI=1S/C22H29BrN2O4/c1-21(2,23)19(26)25(24-20(27)29-13-14-6-4-3-5-7-14)18-16-8-15-9-17(18)12-22(28,10-15)11-16/h3-7,15-18,28H,8-13H2,1-2H3,(H,24,27)/t15?,16-,17-,18?,22?/m0/s1. The first-order chi connectivity index (χ1) is 13.6. The van der Waals surface area contributed by atoms with Gasteiger partial charge in [-0.25, -0.2) is 15.2 Å². The van der Waals surface area contributed by atoms with Crippen molar-refractivity contribution in [2.45, 2.75) is 68.5 Å². The number of benzene rings is 1. The SMILES string of the molecule is CC(C)(Br)C(=O)N(NC(=O)OCc1ccccc1)C1[C@H]2CC3C[C@H]1CC(O)(C3)C2. The molecule has 4 saturated carbocycles. The molecule has 4 aliphatic rings. The number of nitrogens with zero attached hydrogens (tertiary/aromatic N) is 1. The third-order valence-corrected chi connectivity index (χ3v) is 6.98. The molecule has 2 amide bonds. The van der Waals surface area contributed by atoms with Crippen LogP contribution in [0.5, 0.6) is 0 Å². The van der Waals surface area contributed by atoms with Crippen molar-refractivity contribution in [1.29, 1.82) is 0 Å². The van der Waals surface area contributed by atoms with Gasteiger partial charge in [0.15, 0.2) is 0 Å². The van der Waals surface area contributed by atoms with E-state index in [1.807, 2.05) is 30.3 Å². The Balaban J connectivity index is 1.50. The molecular formula is C22H29BrN2O4. The zero-order valence-electron chi connectivity index (χ0n) is 16.9. The number of amides is 2. The second-order valence-electron chi connectivity index (χ2n) is 9.51. The Labute approximate surface area is 180 Å². The maximum atomic E-state index is 13.2. The van der Waals surface area contributed by atoms with Crippen LogP contribution in [0.4, 0.5) is 4.79 Å². The molecule has 4 fully saturated rings. The summed E-state index contributed by atoms with van der Waals surface area (Å²) in [6.07, 6.45) is 3.62. The fourth-order valence-corrected chi connectivity index (χ4v) is 5.97. The minimum Gasteiger partial charge on any atom is -0.443 e. The predicted molar refractivity (Wildman–Crippen MR) is 112 cm³/mol. The second kappa shape index (κ2) is 7.58. The molecule has 158 valence electrons. The number of rotatable bonds is 4. The molecule has 6 nitrogen and oxygen atoms in total. The fourth-order valence-electron chi connectivity index (χ4n) is 5.78. The van der Waals surface area contributed by atoms with Gasteiger partial charge in [0.05, 0.1) is 11.6 Å². The highest BCUT2D eigenvalue weighted by Crippen LogP contribution is 2.57. The van der Waals surface area contributed by atoms with Crippen LogP contribution in [0, 0.1) is 17.8 Å². The summed E-state index contributed by atoms with van der Waals surface area (Å²) in [5, 5.41) is 12.4. The molecule has 1 aromatic rings. The first kappa shape index (κ1) is 20.7. The van der Waals surface area contributed by atoms with E-state index in [2.05, 4.69) is 21.4 Å². The van der Waals surface area contributed by atoms with Crippen LogP contribution in [0.3, 0.4) is 0 Å². The lowest BCUT2D eigenvalue weighted by atomic mass is 9.52. The predicted octanol–water partition coefficient (Wildman–Crippen LogP) is 3.77. The summed E-state index contributed by atoms with van der Waals surface area (Å²) < 4.78 is 4.56. The maximum Gasteiger partial charge on any atom is 0.426 e. The molecule has 7 heteroatoms. The van der Waals surface area contributed by atoms with E-state index in [0.29, 0.717) is 18.8 Å². The Morgan fingerprint density at radius 1 is 1.21 bits per heavy atom. The van der Waals surface area contributed by atoms with Crippen LogP contribution in [0.15, 0.2) is 30.3 Å². The van der Waals surface area contributed by atoms with Gasteiger partial charge in [0.1, 0.15) is 10.9 Å². The number of ether oxygens (including phenoxy) is 1. The zero-order valence-corrected chi connectivity index (χ0v) is 18.5. The normalized spacial score (nSPS) is 32.7. The van der Waals surface area contributed by atoms with E-state index in [9.17, 15) is 14.7 Å². The van der Waals surface area contributed by atoms with Crippen LogP contribution in [0.1, 0.15) is 51.5 Å². The highest BCUT2D eigenvalue weighted by Gasteiger charge is 2.57. The minimum atomic E-state index is -0.814. The summed E-state index contributed by atoms with van der Waals surface area (Å²) in [5.74, 6) is 0.713. The summed E-state index contributed by atoms with van der Waals surface area (Å²) in [6.45, 7) is 3.71. The Morgan fingerprint density at radius 3 is 2.38 bits per heavy atom. The van der Waals surface area contributed by atoms with Gasteiger partial charge < -0.3 is 9.84 Å². The topological polar surface area (TPSA) is 78.9 Å². The number of halogens is 1. The first-order valence-corrected chi connectivity index (χ1v) is 11.2. The van der Waals surface area contributed by atoms with Crippen LogP contribution < -0.4 is 5.43 Å². The average Bonchev–Trinajstić information content (AvgIpc) is 2.63. The molecule has 0 aliphatic heterocycles. The van der Waals surface area contributed by atoms with E-state index in [-0.39, 0.29) is 30.4 Å². The molecule has 4 bridgehead atoms. The van der Waals surface area contributed by atoms with Crippen molar-refractivity contribution < 1.29 is 19.4 Å². The van der Waals surface area contributed by atoms with Crippen molar-refractivity contribution >= 4 is 27.9 Å². The monoisotopic (exact) mass is 464 g/mol. The number of hydrogen-bond donors (Lipinski definition) is 2. The van der Waals surface area contributed by atoms with E-state index < -0.39 is 16.0 Å².